The van der Waals surface area contributed by atoms with Crippen LogP contribution in [0.1, 0.15) is 11.3 Å². The number of aryl methyl sites for hydroxylation is 2. The zero-order valence-electron chi connectivity index (χ0n) is 16.2. The smallest absolute Gasteiger partial charge is 0.323 e. The fourth-order valence-corrected chi connectivity index (χ4v) is 3.47. The number of hydrogen-bond acceptors (Lipinski definition) is 4. The Kier molecular flexibility index (Phi) is 5.37. The number of rotatable bonds is 4. The summed E-state index contributed by atoms with van der Waals surface area (Å²) in [6.07, 6.45) is 1.44. The second-order valence-corrected chi connectivity index (χ2v) is 7.65. The lowest BCUT2D eigenvalue weighted by molar-refractivity contribution is 0.262. The number of halogens is 2. The van der Waals surface area contributed by atoms with E-state index in [1.807, 2.05) is 19.9 Å². The number of carbonyl (C=O) groups excluding carboxylic acids is 1. The highest BCUT2D eigenvalue weighted by Crippen LogP contribution is 2.29. The average Bonchev–Trinajstić information content (AvgIpc) is 2.99. The summed E-state index contributed by atoms with van der Waals surface area (Å²) in [6.45, 7) is 3.93. The first-order valence-corrected chi connectivity index (χ1v) is 9.90. The first-order valence-electron chi connectivity index (χ1n) is 9.11. The highest BCUT2D eigenvalue weighted by molar-refractivity contribution is 9.10. The highest BCUT2D eigenvalue weighted by Gasteiger charge is 2.13. The van der Waals surface area contributed by atoms with E-state index in [4.69, 9.17) is 0 Å². The van der Waals surface area contributed by atoms with Crippen LogP contribution >= 0.6 is 15.9 Å². The number of amides is 2. The Morgan fingerprint density at radius 1 is 1.07 bits per heavy atom. The third-order valence-electron chi connectivity index (χ3n) is 4.65. The molecule has 7 nitrogen and oxygen atoms in total. The summed E-state index contributed by atoms with van der Waals surface area (Å²) >= 11 is 3.34. The standard InChI is InChI=1S/C21H18BrFN6O/c1-11-12(2)26-19-18(11)20(25-10-24-19)27-15-6-7-17(16(23)9-15)29-21(30)28-14-5-3-4-13(22)8-14/h3-10H,1-2H3,(H2,28,29,30)(H2,24,25,26,27). The van der Waals surface area contributed by atoms with Crippen molar-refractivity contribution >= 4 is 55.9 Å². The number of hydrogen-bond donors (Lipinski definition) is 4. The number of nitrogens with one attached hydrogen (secondary N) is 4. The first kappa shape index (κ1) is 19.8. The van der Waals surface area contributed by atoms with E-state index in [1.54, 1.807) is 24.3 Å². The molecule has 4 aromatic rings. The molecule has 0 saturated heterocycles. The molecule has 30 heavy (non-hydrogen) atoms. The highest BCUT2D eigenvalue weighted by atomic mass is 79.9. The van der Waals surface area contributed by atoms with Gasteiger partial charge >= 0.3 is 6.03 Å². The van der Waals surface area contributed by atoms with Crippen molar-refractivity contribution in [2.45, 2.75) is 13.8 Å². The molecule has 2 heterocycles. The first-order chi connectivity index (χ1) is 14.4. The van der Waals surface area contributed by atoms with Gasteiger partial charge in [-0.15, -0.1) is 0 Å². The SMILES string of the molecule is Cc1[nH]c2ncnc(Nc3ccc(NC(=O)Nc4cccc(Br)c4)c(F)c3)c2c1C. The van der Waals surface area contributed by atoms with Crippen molar-refractivity contribution < 1.29 is 9.18 Å². The fraction of sp³-hybridized carbons (Fsp3) is 0.0952. The lowest BCUT2D eigenvalue weighted by Gasteiger charge is -2.11. The third-order valence-corrected chi connectivity index (χ3v) is 5.15. The second-order valence-electron chi connectivity index (χ2n) is 6.73. The summed E-state index contributed by atoms with van der Waals surface area (Å²) in [5, 5.41) is 9.15. The van der Waals surface area contributed by atoms with E-state index in [0.29, 0.717) is 22.8 Å². The normalized spacial score (nSPS) is 10.8. The number of H-pyrrole nitrogens is 1. The fourth-order valence-electron chi connectivity index (χ4n) is 3.07. The number of urea groups is 1. The zero-order chi connectivity index (χ0) is 21.3. The van der Waals surface area contributed by atoms with Crippen molar-refractivity contribution in [1.82, 2.24) is 15.0 Å². The van der Waals surface area contributed by atoms with Gasteiger partial charge in [-0.1, -0.05) is 22.0 Å². The summed E-state index contributed by atoms with van der Waals surface area (Å²) in [6, 6.07) is 11.0. The molecule has 4 rings (SSSR count). The minimum atomic E-state index is -0.573. The van der Waals surface area contributed by atoms with Crippen molar-refractivity contribution in [3.63, 3.8) is 0 Å². The van der Waals surface area contributed by atoms with Crippen molar-refractivity contribution in [3.8, 4) is 0 Å². The van der Waals surface area contributed by atoms with Crippen molar-refractivity contribution in [2.24, 2.45) is 0 Å². The van der Waals surface area contributed by atoms with Gasteiger partial charge < -0.3 is 20.9 Å². The lowest BCUT2D eigenvalue weighted by atomic mass is 10.2. The maximum atomic E-state index is 14.6. The van der Waals surface area contributed by atoms with E-state index in [1.165, 1.54) is 18.5 Å². The van der Waals surface area contributed by atoms with E-state index in [0.717, 1.165) is 21.1 Å². The minimum Gasteiger partial charge on any atom is -0.343 e. The summed E-state index contributed by atoms with van der Waals surface area (Å²) in [5.74, 6) is 0.00557. The van der Waals surface area contributed by atoms with Gasteiger partial charge in [-0.2, -0.15) is 0 Å². The molecule has 152 valence electrons. The van der Waals surface area contributed by atoms with Crippen LogP contribution in [-0.2, 0) is 0 Å². The zero-order valence-corrected chi connectivity index (χ0v) is 17.8. The summed E-state index contributed by atoms with van der Waals surface area (Å²) < 4.78 is 15.4. The van der Waals surface area contributed by atoms with Gasteiger partial charge in [0.1, 0.15) is 23.6 Å². The van der Waals surface area contributed by atoms with E-state index >= 15 is 0 Å². The topological polar surface area (TPSA) is 94.7 Å². The van der Waals surface area contributed by atoms with Gasteiger partial charge in [0.05, 0.1) is 11.1 Å². The van der Waals surface area contributed by atoms with Crippen LogP contribution in [0.25, 0.3) is 11.0 Å². The molecular formula is C21H18BrFN6O. The maximum absolute atomic E-state index is 14.6. The summed E-state index contributed by atoms with van der Waals surface area (Å²) in [4.78, 5) is 23.9. The van der Waals surface area contributed by atoms with Crippen LogP contribution in [0.15, 0.2) is 53.3 Å². The Bertz CT molecular complexity index is 1260. The molecular weight excluding hydrogens is 451 g/mol. The molecule has 9 heteroatoms. The monoisotopic (exact) mass is 468 g/mol. The Balaban J connectivity index is 1.50. The van der Waals surface area contributed by atoms with Gasteiger partial charge in [0.25, 0.3) is 0 Å². The molecule has 0 spiro atoms. The van der Waals surface area contributed by atoms with Crippen LogP contribution in [0.3, 0.4) is 0 Å². The molecule has 2 aromatic carbocycles. The van der Waals surface area contributed by atoms with E-state index < -0.39 is 11.8 Å². The molecule has 0 bridgehead atoms. The minimum absolute atomic E-state index is 0.0644. The van der Waals surface area contributed by atoms with Gasteiger partial charge in [0.15, 0.2) is 0 Å². The maximum Gasteiger partial charge on any atom is 0.323 e. The largest absolute Gasteiger partial charge is 0.343 e. The van der Waals surface area contributed by atoms with Gasteiger partial charge in [0.2, 0.25) is 0 Å². The molecule has 0 radical (unpaired) electrons. The van der Waals surface area contributed by atoms with Crippen molar-refractivity contribution in [2.75, 3.05) is 16.0 Å². The Morgan fingerprint density at radius 2 is 1.90 bits per heavy atom. The molecule has 4 N–H and O–H groups in total. The second kappa shape index (κ2) is 8.11. The number of fused-ring (bicyclic) bond motifs is 1. The van der Waals surface area contributed by atoms with E-state index in [-0.39, 0.29) is 5.69 Å². The number of benzene rings is 2. The Hall–Kier alpha value is -3.46. The molecule has 0 fully saturated rings. The van der Waals surface area contributed by atoms with Gasteiger partial charge in [-0.25, -0.2) is 19.2 Å². The molecule has 2 aromatic heterocycles. The van der Waals surface area contributed by atoms with Crippen LogP contribution in [0.2, 0.25) is 0 Å². The van der Waals surface area contributed by atoms with Crippen molar-refractivity contribution in [3.05, 3.63) is 70.3 Å². The molecule has 0 unspecified atom stereocenters. The molecule has 0 aliphatic carbocycles. The number of aromatic nitrogens is 3. The third kappa shape index (κ3) is 4.11. The van der Waals surface area contributed by atoms with Gasteiger partial charge in [-0.05, 0) is 55.8 Å². The van der Waals surface area contributed by atoms with Crippen LogP contribution in [0.4, 0.5) is 32.1 Å². The summed E-state index contributed by atoms with van der Waals surface area (Å²) in [5.41, 5.74) is 3.89. The Morgan fingerprint density at radius 3 is 2.67 bits per heavy atom. The summed E-state index contributed by atoms with van der Waals surface area (Å²) in [7, 11) is 0. The molecule has 2 amide bonds. The predicted octanol–water partition coefficient (Wildman–Crippen LogP) is 5.86. The number of anilines is 4. The average molecular weight is 469 g/mol. The van der Waals surface area contributed by atoms with Crippen LogP contribution in [0.5, 0.6) is 0 Å². The number of nitrogens with zero attached hydrogens (tertiary/aromatic N) is 2. The van der Waals surface area contributed by atoms with Crippen LogP contribution in [-0.4, -0.2) is 21.0 Å². The van der Waals surface area contributed by atoms with Gasteiger partial charge in [0, 0.05) is 21.5 Å². The quantitative estimate of drug-likeness (QED) is 0.301. The van der Waals surface area contributed by atoms with Gasteiger partial charge in [-0.3, -0.25) is 0 Å². The van der Waals surface area contributed by atoms with E-state index in [9.17, 15) is 9.18 Å². The Labute approximate surface area is 180 Å². The molecule has 0 saturated carbocycles. The van der Waals surface area contributed by atoms with E-state index in [2.05, 4.69) is 46.8 Å². The molecule has 0 atom stereocenters. The number of carbonyl (C=O) groups is 1. The number of aromatic amines is 1. The van der Waals surface area contributed by atoms with Crippen molar-refractivity contribution in [1.29, 1.82) is 0 Å². The predicted molar refractivity (Wildman–Crippen MR) is 120 cm³/mol. The lowest BCUT2D eigenvalue weighted by Crippen LogP contribution is -2.20. The molecule has 0 aliphatic heterocycles. The van der Waals surface area contributed by atoms with Crippen LogP contribution in [0, 0.1) is 19.7 Å². The van der Waals surface area contributed by atoms with Crippen LogP contribution < -0.4 is 16.0 Å². The molecule has 0 aliphatic rings.